The zero-order valence-electron chi connectivity index (χ0n) is 21.9. The molecule has 2 fully saturated rings. The van der Waals surface area contributed by atoms with Crippen LogP contribution in [0, 0.1) is 29.0 Å². The Hall–Kier alpha value is -2.94. The fourth-order valence-corrected chi connectivity index (χ4v) is 5.03. The number of rotatable bonds is 6. The van der Waals surface area contributed by atoms with Crippen molar-refractivity contribution < 1.29 is 23.5 Å². The summed E-state index contributed by atoms with van der Waals surface area (Å²) in [6.45, 7) is 7.87. The molecule has 0 radical (unpaired) electrons. The van der Waals surface area contributed by atoms with E-state index in [1.165, 1.54) is 6.07 Å². The van der Waals surface area contributed by atoms with Gasteiger partial charge in [-0.05, 0) is 61.3 Å². The van der Waals surface area contributed by atoms with Gasteiger partial charge in [0.2, 0.25) is 5.91 Å². The molecule has 202 valence electrons. The number of hydrogen-bond donors (Lipinski definition) is 2. The number of likely N-dealkylation sites (tertiary alicyclic amines) is 1. The van der Waals surface area contributed by atoms with Crippen molar-refractivity contribution in [2.45, 2.75) is 46.0 Å². The maximum Gasteiger partial charge on any atom is 0.322 e. The lowest BCUT2D eigenvalue weighted by molar-refractivity contribution is -0.139. The number of carbonyl (C=O) groups is 2. The largest absolute Gasteiger partial charge is 0.490 e. The molecule has 2 aliphatic heterocycles. The van der Waals surface area contributed by atoms with Crippen LogP contribution < -0.4 is 10.1 Å². The van der Waals surface area contributed by atoms with Gasteiger partial charge in [-0.2, -0.15) is 0 Å². The number of amidine groups is 1. The Morgan fingerprint density at radius 2 is 1.86 bits per heavy atom. The van der Waals surface area contributed by atoms with Gasteiger partial charge < -0.3 is 19.3 Å². The number of morpholine rings is 1. The van der Waals surface area contributed by atoms with E-state index in [-0.39, 0.29) is 47.1 Å². The van der Waals surface area contributed by atoms with Gasteiger partial charge in [-0.3, -0.25) is 15.5 Å². The Morgan fingerprint density at radius 3 is 2.49 bits per heavy atom. The van der Waals surface area contributed by atoms with E-state index in [0.717, 1.165) is 36.8 Å². The first kappa shape index (κ1) is 27.1. The number of benzene rings is 1. The van der Waals surface area contributed by atoms with Crippen LogP contribution >= 0.6 is 0 Å². The van der Waals surface area contributed by atoms with E-state index in [0.29, 0.717) is 52.4 Å². The minimum Gasteiger partial charge on any atom is -0.490 e. The first-order chi connectivity index (χ1) is 17.8. The molecule has 0 aromatic heterocycles. The molecule has 2 heterocycles. The molecule has 37 heavy (non-hydrogen) atoms. The summed E-state index contributed by atoms with van der Waals surface area (Å²) in [6.07, 6.45) is 5.84. The van der Waals surface area contributed by atoms with Crippen molar-refractivity contribution >= 4 is 23.3 Å². The molecule has 9 heteroatoms. The highest BCUT2D eigenvalue weighted by Gasteiger charge is 2.28. The second-order valence-corrected chi connectivity index (χ2v) is 10.5. The van der Waals surface area contributed by atoms with Gasteiger partial charge in [0.15, 0.2) is 11.6 Å². The van der Waals surface area contributed by atoms with Crippen molar-refractivity contribution in [1.29, 1.82) is 5.41 Å². The van der Waals surface area contributed by atoms with Crippen molar-refractivity contribution in [2.75, 3.05) is 46.0 Å². The lowest BCUT2D eigenvalue weighted by Gasteiger charge is -2.32. The Morgan fingerprint density at radius 1 is 1.14 bits per heavy atom. The van der Waals surface area contributed by atoms with Gasteiger partial charge >= 0.3 is 6.03 Å². The zero-order valence-corrected chi connectivity index (χ0v) is 21.9. The topological polar surface area (TPSA) is 95.0 Å². The fourth-order valence-electron chi connectivity index (χ4n) is 5.03. The Labute approximate surface area is 218 Å². The average Bonchev–Trinajstić information content (AvgIpc) is 2.92. The minimum absolute atomic E-state index is 0.00541. The number of ether oxygens (including phenoxy) is 2. The van der Waals surface area contributed by atoms with Crippen LogP contribution in [-0.2, 0) is 9.53 Å². The number of urea groups is 1. The van der Waals surface area contributed by atoms with E-state index < -0.39 is 0 Å². The molecular formula is C28H39FN4O4. The number of hydrogen-bond acceptors (Lipinski definition) is 5. The molecule has 8 nitrogen and oxygen atoms in total. The van der Waals surface area contributed by atoms with E-state index in [1.807, 2.05) is 24.8 Å². The minimum atomic E-state index is -0.381. The molecule has 0 spiro atoms. The lowest BCUT2D eigenvalue weighted by atomic mass is 9.85. The molecule has 0 bridgehead atoms. The molecule has 2 saturated heterocycles. The molecule has 1 atom stereocenters. The van der Waals surface area contributed by atoms with Gasteiger partial charge in [0.25, 0.3) is 0 Å². The third-order valence-corrected chi connectivity index (χ3v) is 7.58. The molecule has 3 aliphatic rings. The number of halogens is 1. The second kappa shape index (κ2) is 12.5. The summed E-state index contributed by atoms with van der Waals surface area (Å²) < 4.78 is 26.0. The summed E-state index contributed by atoms with van der Waals surface area (Å²) in [5.41, 5.74) is 1.92. The summed E-state index contributed by atoms with van der Waals surface area (Å²) in [5, 5.41) is 10.5. The van der Waals surface area contributed by atoms with Crippen LogP contribution in [0.5, 0.6) is 5.75 Å². The fraction of sp³-hybridized carbons (Fsp3) is 0.607. The van der Waals surface area contributed by atoms with Crippen molar-refractivity contribution in [3.63, 3.8) is 0 Å². The Bertz CT molecular complexity index is 1010. The maximum atomic E-state index is 14.9. The van der Waals surface area contributed by atoms with Crippen molar-refractivity contribution in [3.8, 4) is 5.75 Å². The van der Waals surface area contributed by atoms with E-state index >= 15 is 0 Å². The van der Waals surface area contributed by atoms with Crippen molar-refractivity contribution in [1.82, 2.24) is 15.1 Å². The number of allylic oxidation sites excluding steroid dienone is 2. The summed E-state index contributed by atoms with van der Waals surface area (Å²) in [6, 6.07) is 4.89. The standard InChI is InChI=1S/C28H39FN4O4/c1-19(2)26(30)31-28(35)33-11-9-20(10-12-33)18-37-25-8-7-23(17-24(25)29)21-3-5-22(6-4-21)27(34)32-13-15-36-16-14-32/h3,7-8,17,19-20,22H,4-6,9-16,18H2,1-2H3,(H2,30,31,35). The highest BCUT2D eigenvalue weighted by Crippen LogP contribution is 2.33. The lowest BCUT2D eigenvalue weighted by Crippen LogP contribution is -2.47. The molecule has 1 aromatic rings. The Balaban J connectivity index is 1.23. The summed E-state index contributed by atoms with van der Waals surface area (Å²) in [5.74, 6) is 0.505. The first-order valence-electron chi connectivity index (χ1n) is 13.4. The van der Waals surface area contributed by atoms with Gasteiger partial charge in [0, 0.05) is 38.0 Å². The van der Waals surface area contributed by atoms with Gasteiger partial charge in [-0.15, -0.1) is 0 Å². The highest BCUT2D eigenvalue weighted by molar-refractivity contribution is 5.96. The molecule has 3 amide bonds. The smallest absolute Gasteiger partial charge is 0.322 e. The van der Waals surface area contributed by atoms with E-state index in [2.05, 4.69) is 11.4 Å². The predicted octanol–water partition coefficient (Wildman–Crippen LogP) is 4.30. The second-order valence-electron chi connectivity index (χ2n) is 10.5. The molecule has 1 unspecified atom stereocenters. The van der Waals surface area contributed by atoms with E-state index in [9.17, 15) is 14.0 Å². The number of piperidine rings is 1. The summed E-state index contributed by atoms with van der Waals surface area (Å²) in [7, 11) is 0. The average molecular weight is 515 g/mol. The van der Waals surface area contributed by atoms with Crippen LogP contribution in [0.4, 0.5) is 9.18 Å². The normalized spacial score (nSPS) is 21.0. The van der Waals surface area contributed by atoms with Crippen molar-refractivity contribution in [3.05, 3.63) is 35.7 Å². The zero-order chi connectivity index (χ0) is 26.4. The van der Waals surface area contributed by atoms with Crippen LogP contribution in [0.2, 0.25) is 0 Å². The molecule has 1 aliphatic carbocycles. The quantitative estimate of drug-likeness (QED) is 0.437. The summed E-state index contributed by atoms with van der Waals surface area (Å²) in [4.78, 5) is 28.7. The number of carbonyl (C=O) groups excluding carboxylic acids is 2. The first-order valence-corrected chi connectivity index (χ1v) is 13.4. The van der Waals surface area contributed by atoms with Gasteiger partial charge in [0.05, 0.1) is 19.8 Å². The number of nitrogens with one attached hydrogen (secondary N) is 2. The number of nitrogens with zero attached hydrogens (tertiary/aromatic N) is 2. The monoisotopic (exact) mass is 514 g/mol. The maximum absolute atomic E-state index is 14.9. The molecule has 0 saturated carbocycles. The van der Waals surface area contributed by atoms with Crippen LogP contribution in [0.3, 0.4) is 0 Å². The predicted molar refractivity (Wildman–Crippen MR) is 140 cm³/mol. The third kappa shape index (κ3) is 7.09. The molecule has 1 aromatic carbocycles. The molecule has 2 N–H and O–H groups in total. The molecule has 4 rings (SSSR count). The van der Waals surface area contributed by atoms with Crippen LogP contribution in [0.25, 0.3) is 5.57 Å². The van der Waals surface area contributed by atoms with Gasteiger partial charge in [-0.1, -0.05) is 26.0 Å². The number of amides is 3. The SMILES string of the molecule is CC(C)C(=N)NC(=O)N1CCC(COc2ccc(C3=CCC(C(=O)N4CCOCC4)CC3)cc2F)CC1. The van der Waals surface area contributed by atoms with E-state index in [4.69, 9.17) is 14.9 Å². The van der Waals surface area contributed by atoms with Crippen LogP contribution in [-0.4, -0.2) is 73.6 Å². The molecular weight excluding hydrogens is 475 g/mol. The van der Waals surface area contributed by atoms with E-state index in [1.54, 1.807) is 11.0 Å². The van der Waals surface area contributed by atoms with Crippen LogP contribution in [0.1, 0.15) is 51.5 Å². The highest BCUT2D eigenvalue weighted by atomic mass is 19.1. The van der Waals surface area contributed by atoms with Crippen LogP contribution in [0.15, 0.2) is 24.3 Å². The van der Waals surface area contributed by atoms with Gasteiger partial charge in [0.1, 0.15) is 5.84 Å². The van der Waals surface area contributed by atoms with Gasteiger partial charge in [-0.25, -0.2) is 9.18 Å². The summed E-state index contributed by atoms with van der Waals surface area (Å²) >= 11 is 0. The Kier molecular flexibility index (Phi) is 9.18. The third-order valence-electron chi connectivity index (χ3n) is 7.58. The van der Waals surface area contributed by atoms with Crippen molar-refractivity contribution in [2.24, 2.45) is 17.8 Å².